The van der Waals surface area contributed by atoms with Crippen LogP contribution in [0.25, 0.3) is 6.08 Å². The number of hydrogen-bond acceptors (Lipinski definition) is 4. The second-order valence-electron chi connectivity index (χ2n) is 6.85. The molecule has 166 valence electrons. The van der Waals surface area contributed by atoms with Crippen molar-refractivity contribution >= 4 is 69.6 Å². The van der Waals surface area contributed by atoms with E-state index in [-0.39, 0.29) is 27.7 Å². The van der Waals surface area contributed by atoms with E-state index < -0.39 is 5.91 Å². The minimum absolute atomic E-state index is 0.201. The number of amides is 2. The molecule has 9 heteroatoms. The van der Waals surface area contributed by atoms with Crippen LogP contribution >= 0.6 is 46.6 Å². The van der Waals surface area contributed by atoms with Crippen LogP contribution in [0.15, 0.2) is 76.6 Å². The Morgan fingerprint density at radius 2 is 1.64 bits per heavy atom. The van der Waals surface area contributed by atoms with Crippen molar-refractivity contribution in [2.75, 3.05) is 0 Å². The molecule has 3 aromatic rings. The number of amidine groups is 1. The Bertz CT molecular complexity index is 1270. The van der Waals surface area contributed by atoms with Gasteiger partial charge in [-0.15, -0.1) is 0 Å². The number of rotatable bonds is 5. The lowest BCUT2D eigenvalue weighted by atomic mass is 10.2. The number of hydrogen-bond donors (Lipinski definition) is 1. The lowest BCUT2D eigenvalue weighted by Crippen LogP contribution is -2.20. The van der Waals surface area contributed by atoms with E-state index in [9.17, 15) is 9.59 Å². The van der Waals surface area contributed by atoms with E-state index in [1.54, 1.807) is 54.6 Å². The molecule has 3 aromatic carbocycles. The third kappa shape index (κ3) is 5.78. The Morgan fingerprint density at radius 3 is 2.33 bits per heavy atom. The Kier molecular flexibility index (Phi) is 7.40. The third-order valence-corrected chi connectivity index (χ3v) is 6.36. The van der Waals surface area contributed by atoms with E-state index in [0.717, 1.165) is 17.3 Å². The van der Waals surface area contributed by atoms with Gasteiger partial charge in [0.15, 0.2) is 10.9 Å². The Hall–Kier alpha value is -2.77. The van der Waals surface area contributed by atoms with Crippen LogP contribution in [0.1, 0.15) is 21.5 Å². The Labute approximate surface area is 209 Å². The highest BCUT2D eigenvalue weighted by Gasteiger charge is 2.25. The van der Waals surface area contributed by atoms with E-state index in [4.69, 9.17) is 39.5 Å². The maximum atomic E-state index is 12.3. The fraction of sp³-hybridized carbons (Fsp3) is 0.0417. The second kappa shape index (κ2) is 10.4. The van der Waals surface area contributed by atoms with E-state index in [1.165, 1.54) is 0 Å². The van der Waals surface area contributed by atoms with Crippen LogP contribution in [-0.4, -0.2) is 17.0 Å². The fourth-order valence-electron chi connectivity index (χ4n) is 2.94. The first-order valence-corrected chi connectivity index (χ1v) is 11.6. The summed E-state index contributed by atoms with van der Waals surface area (Å²) in [6, 6.07) is 19.2. The van der Waals surface area contributed by atoms with Crippen molar-refractivity contribution in [2.45, 2.75) is 6.61 Å². The third-order valence-electron chi connectivity index (χ3n) is 4.52. The van der Waals surface area contributed by atoms with Crippen molar-refractivity contribution < 1.29 is 14.3 Å². The summed E-state index contributed by atoms with van der Waals surface area (Å²) >= 11 is 20.0. The number of carbonyl (C=O) groups is 2. The number of ether oxygens (including phenoxy) is 1. The summed E-state index contributed by atoms with van der Waals surface area (Å²) in [5, 5.41) is 3.96. The highest BCUT2D eigenvalue weighted by atomic mass is 35.5. The van der Waals surface area contributed by atoms with Gasteiger partial charge >= 0.3 is 0 Å². The highest BCUT2D eigenvalue weighted by molar-refractivity contribution is 8.18. The maximum Gasteiger partial charge on any atom is 0.279 e. The molecule has 0 atom stereocenters. The van der Waals surface area contributed by atoms with Gasteiger partial charge in [0.05, 0.1) is 15.0 Å². The smallest absolute Gasteiger partial charge is 0.279 e. The lowest BCUT2D eigenvalue weighted by Gasteiger charge is -2.12. The van der Waals surface area contributed by atoms with E-state index in [1.807, 2.05) is 18.2 Å². The van der Waals surface area contributed by atoms with Gasteiger partial charge in [-0.1, -0.05) is 71.2 Å². The summed E-state index contributed by atoms with van der Waals surface area (Å²) in [6.07, 6.45) is 1.62. The summed E-state index contributed by atoms with van der Waals surface area (Å²) in [7, 11) is 0. The lowest BCUT2D eigenvalue weighted by molar-refractivity contribution is -0.115. The van der Waals surface area contributed by atoms with E-state index >= 15 is 0 Å². The molecule has 1 heterocycles. The molecule has 0 saturated carbocycles. The van der Waals surface area contributed by atoms with Gasteiger partial charge in [0.25, 0.3) is 11.8 Å². The average molecular weight is 518 g/mol. The molecule has 0 bridgehead atoms. The van der Waals surface area contributed by atoms with Gasteiger partial charge in [-0.3, -0.25) is 9.59 Å². The number of carbonyl (C=O) groups excluding carboxylic acids is 2. The molecule has 0 aliphatic carbocycles. The van der Waals surface area contributed by atoms with Gasteiger partial charge in [0.2, 0.25) is 0 Å². The van der Waals surface area contributed by atoms with Gasteiger partial charge in [0, 0.05) is 16.1 Å². The van der Waals surface area contributed by atoms with Crippen molar-refractivity contribution in [1.29, 1.82) is 0 Å². The molecule has 1 fully saturated rings. The van der Waals surface area contributed by atoms with Crippen molar-refractivity contribution in [2.24, 2.45) is 4.99 Å². The number of nitrogens with zero attached hydrogens (tertiary/aromatic N) is 1. The van der Waals surface area contributed by atoms with Gasteiger partial charge in [-0.05, 0) is 53.7 Å². The van der Waals surface area contributed by atoms with Gasteiger partial charge < -0.3 is 10.1 Å². The van der Waals surface area contributed by atoms with Crippen LogP contribution < -0.4 is 10.1 Å². The standard InChI is InChI=1S/C24H15Cl3N2O3S/c25-17-9-5-4-8-16(17)13-32-21-18(26)10-14(11-19(21)27)12-20-23(31)29-24(33-20)28-22(30)15-6-2-1-3-7-15/h1-12H,13H2,(H,28,29,30,31)/b20-12-. The van der Waals surface area contributed by atoms with Gasteiger partial charge in [-0.25, -0.2) is 0 Å². The van der Waals surface area contributed by atoms with Gasteiger partial charge in [-0.2, -0.15) is 4.99 Å². The molecule has 5 nitrogen and oxygen atoms in total. The van der Waals surface area contributed by atoms with Gasteiger partial charge in [0.1, 0.15) is 6.61 Å². The quantitative estimate of drug-likeness (QED) is 0.386. The maximum absolute atomic E-state index is 12.3. The number of aliphatic imine (C=N–C) groups is 1. The minimum Gasteiger partial charge on any atom is -0.486 e. The molecule has 1 N–H and O–H groups in total. The molecular formula is C24H15Cl3N2O3S. The normalized spacial score (nSPS) is 15.7. The Morgan fingerprint density at radius 1 is 0.970 bits per heavy atom. The highest BCUT2D eigenvalue weighted by Crippen LogP contribution is 2.37. The molecule has 33 heavy (non-hydrogen) atoms. The van der Waals surface area contributed by atoms with Crippen LogP contribution in [0.4, 0.5) is 0 Å². The number of thioether (sulfide) groups is 1. The summed E-state index contributed by atoms with van der Waals surface area (Å²) in [5.74, 6) is -0.490. The number of nitrogens with one attached hydrogen (secondary N) is 1. The first-order valence-electron chi connectivity index (χ1n) is 9.65. The van der Waals surface area contributed by atoms with Crippen LogP contribution in [0.3, 0.4) is 0 Å². The molecule has 2 amide bonds. The topological polar surface area (TPSA) is 67.8 Å². The first-order chi connectivity index (χ1) is 15.9. The zero-order valence-electron chi connectivity index (χ0n) is 16.8. The molecule has 0 unspecified atom stereocenters. The van der Waals surface area contributed by atoms with Crippen molar-refractivity contribution in [1.82, 2.24) is 5.32 Å². The van der Waals surface area contributed by atoms with Crippen LogP contribution in [0, 0.1) is 0 Å². The Balaban J connectivity index is 1.49. The van der Waals surface area contributed by atoms with E-state index in [0.29, 0.717) is 26.8 Å². The predicted molar refractivity (Wildman–Crippen MR) is 134 cm³/mol. The van der Waals surface area contributed by atoms with E-state index in [2.05, 4.69) is 10.3 Å². The molecule has 1 aliphatic rings. The van der Waals surface area contributed by atoms with Crippen LogP contribution in [0.2, 0.25) is 15.1 Å². The largest absolute Gasteiger partial charge is 0.486 e. The van der Waals surface area contributed by atoms with Crippen molar-refractivity contribution in [3.8, 4) is 5.75 Å². The summed E-state index contributed by atoms with van der Waals surface area (Å²) < 4.78 is 5.77. The fourth-order valence-corrected chi connectivity index (χ4v) is 4.56. The van der Waals surface area contributed by atoms with Crippen molar-refractivity contribution in [3.63, 3.8) is 0 Å². The minimum atomic E-state index is -0.439. The molecule has 1 saturated heterocycles. The molecule has 0 spiro atoms. The monoisotopic (exact) mass is 516 g/mol. The average Bonchev–Trinajstić information content (AvgIpc) is 3.13. The van der Waals surface area contributed by atoms with Crippen molar-refractivity contribution in [3.05, 3.63) is 103 Å². The summed E-state index contributed by atoms with van der Waals surface area (Å²) in [4.78, 5) is 28.9. The SMILES string of the molecule is O=C1NC(=NC(=O)c2ccccc2)S/C1=C\c1cc(Cl)c(OCc2ccccc2Cl)c(Cl)c1. The molecule has 4 rings (SSSR count). The number of halogens is 3. The summed E-state index contributed by atoms with van der Waals surface area (Å²) in [6.45, 7) is 0.201. The second-order valence-corrected chi connectivity index (χ2v) is 9.10. The molecule has 1 aliphatic heterocycles. The van der Waals surface area contributed by atoms with Crippen LogP contribution in [0.5, 0.6) is 5.75 Å². The molecular weight excluding hydrogens is 503 g/mol. The van der Waals surface area contributed by atoms with Crippen LogP contribution in [-0.2, 0) is 11.4 Å². The first kappa shape index (κ1) is 23.4. The predicted octanol–water partition coefficient (Wildman–Crippen LogP) is 6.63. The molecule has 0 aromatic heterocycles. The number of benzene rings is 3. The molecule has 0 radical (unpaired) electrons. The zero-order valence-corrected chi connectivity index (χ0v) is 19.9. The zero-order chi connectivity index (χ0) is 23.4. The summed E-state index contributed by atoms with van der Waals surface area (Å²) in [5.41, 5.74) is 1.83.